The van der Waals surface area contributed by atoms with Gasteiger partial charge in [0.05, 0.1) is 11.7 Å². The lowest BCUT2D eigenvalue weighted by Gasteiger charge is -2.26. The molecular formula is C30H32FN3O2. The van der Waals surface area contributed by atoms with Crippen LogP contribution in [0.25, 0.3) is 11.3 Å². The maximum absolute atomic E-state index is 13.9. The Labute approximate surface area is 211 Å². The minimum Gasteiger partial charge on any atom is -0.439 e. The number of ether oxygens (including phenoxy) is 1. The zero-order valence-corrected chi connectivity index (χ0v) is 20.6. The molecular weight excluding hydrogens is 453 g/mol. The predicted molar refractivity (Wildman–Crippen MR) is 139 cm³/mol. The van der Waals surface area contributed by atoms with Crippen molar-refractivity contribution in [2.45, 2.75) is 31.9 Å². The summed E-state index contributed by atoms with van der Waals surface area (Å²) < 4.78 is 21.8. The molecule has 1 unspecified atom stereocenters. The third-order valence-electron chi connectivity index (χ3n) is 6.52. The molecule has 1 heterocycles. The van der Waals surface area contributed by atoms with Gasteiger partial charge in [-0.05, 0) is 42.9 Å². The van der Waals surface area contributed by atoms with Crippen LogP contribution in [0.15, 0.2) is 84.9 Å². The van der Waals surface area contributed by atoms with Crippen molar-refractivity contribution in [1.82, 2.24) is 14.7 Å². The first-order chi connectivity index (χ1) is 17.5. The molecule has 1 aliphatic carbocycles. The van der Waals surface area contributed by atoms with E-state index in [2.05, 4.69) is 4.90 Å². The first kappa shape index (κ1) is 24.2. The Balaban J connectivity index is 1.45. The molecule has 0 saturated heterocycles. The Hall–Kier alpha value is -3.48. The first-order valence-electron chi connectivity index (χ1n) is 12.5. The maximum Gasteiger partial charge on any atom is 0.222 e. The number of aryl methyl sites for hydroxylation is 1. The fraction of sp³-hybridized carbons (Fsp3) is 0.300. The molecule has 1 fully saturated rings. The van der Waals surface area contributed by atoms with Crippen LogP contribution in [0, 0.1) is 11.7 Å². The number of hydrogen-bond donors (Lipinski definition) is 1. The molecule has 5 rings (SSSR count). The summed E-state index contributed by atoms with van der Waals surface area (Å²) in [6.07, 6.45) is 2.55. The van der Waals surface area contributed by atoms with Crippen molar-refractivity contribution in [2.24, 2.45) is 13.0 Å². The Morgan fingerprint density at radius 3 is 2.44 bits per heavy atom. The van der Waals surface area contributed by atoms with Crippen LogP contribution in [0.3, 0.4) is 0 Å². The highest BCUT2D eigenvalue weighted by atomic mass is 19.1. The third-order valence-corrected chi connectivity index (χ3v) is 6.52. The lowest BCUT2D eigenvalue weighted by atomic mass is 10.1. The maximum atomic E-state index is 13.9. The molecule has 5 nitrogen and oxygen atoms in total. The standard InChI is InChI=1S/C30H32FN3O2/c1-33-30(36-27-14-8-13-25(31)18-27)28(29(32-33)24-11-6-3-7-12-24)21-34(19-23-15-16-23)20-26(35)17-22-9-4-2-5-10-22/h2-14,18,23,26,35H,15-17,19-21H2,1H3. The molecule has 0 bridgehead atoms. The van der Waals surface area contributed by atoms with Gasteiger partial charge in [-0.25, -0.2) is 9.07 Å². The molecule has 4 aromatic rings. The van der Waals surface area contributed by atoms with E-state index in [0.29, 0.717) is 37.1 Å². The predicted octanol–water partition coefficient (Wildman–Crippen LogP) is 5.83. The normalized spacial score (nSPS) is 14.2. The van der Waals surface area contributed by atoms with Crippen LogP contribution in [0.1, 0.15) is 24.0 Å². The van der Waals surface area contributed by atoms with E-state index in [0.717, 1.165) is 28.9 Å². The topological polar surface area (TPSA) is 50.5 Å². The third kappa shape index (κ3) is 6.20. The van der Waals surface area contributed by atoms with Crippen molar-refractivity contribution in [2.75, 3.05) is 13.1 Å². The molecule has 0 amide bonds. The van der Waals surface area contributed by atoms with E-state index in [1.807, 2.05) is 67.7 Å². The van der Waals surface area contributed by atoms with Crippen molar-refractivity contribution in [1.29, 1.82) is 0 Å². The van der Waals surface area contributed by atoms with Crippen LogP contribution >= 0.6 is 0 Å². The molecule has 6 heteroatoms. The molecule has 0 spiro atoms. The molecule has 1 atom stereocenters. The fourth-order valence-corrected chi connectivity index (χ4v) is 4.63. The molecule has 0 aliphatic heterocycles. The van der Waals surface area contributed by atoms with Gasteiger partial charge in [0.2, 0.25) is 5.88 Å². The van der Waals surface area contributed by atoms with E-state index in [-0.39, 0.29) is 5.82 Å². The van der Waals surface area contributed by atoms with E-state index in [4.69, 9.17) is 9.84 Å². The molecule has 1 saturated carbocycles. The molecule has 186 valence electrons. The summed E-state index contributed by atoms with van der Waals surface area (Å²) in [5, 5.41) is 15.8. The number of nitrogens with zero attached hydrogens (tertiary/aromatic N) is 3. The minimum atomic E-state index is -0.490. The SMILES string of the molecule is Cn1nc(-c2ccccc2)c(CN(CC(O)Cc2ccccc2)CC2CC2)c1Oc1cccc(F)c1. The van der Waals surface area contributed by atoms with E-state index >= 15 is 0 Å². The first-order valence-corrected chi connectivity index (χ1v) is 12.5. The van der Waals surface area contributed by atoms with Crippen molar-refractivity contribution >= 4 is 0 Å². The molecule has 1 aromatic heterocycles. The lowest BCUT2D eigenvalue weighted by molar-refractivity contribution is 0.105. The monoisotopic (exact) mass is 485 g/mol. The summed E-state index contributed by atoms with van der Waals surface area (Å²) in [6, 6.07) is 26.3. The van der Waals surface area contributed by atoms with Crippen LogP contribution in [0.4, 0.5) is 4.39 Å². The highest BCUT2D eigenvalue weighted by molar-refractivity contribution is 5.65. The Morgan fingerprint density at radius 1 is 1.03 bits per heavy atom. The zero-order chi connectivity index (χ0) is 24.9. The Kier molecular flexibility index (Phi) is 7.44. The molecule has 36 heavy (non-hydrogen) atoms. The highest BCUT2D eigenvalue weighted by Gasteiger charge is 2.28. The highest BCUT2D eigenvalue weighted by Crippen LogP contribution is 2.36. The van der Waals surface area contributed by atoms with Gasteiger partial charge in [-0.1, -0.05) is 66.7 Å². The van der Waals surface area contributed by atoms with Crippen molar-refractivity contribution < 1.29 is 14.2 Å². The molecule has 1 aliphatic rings. The largest absolute Gasteiger partial charge is 0.439 e. The molecule has 0 radical (unpaired) electrons. The average molecular weight is 486 g/mol. The number of halogens is 1. The number of rotatable bonds is 11. The molecule has 3 aromatic carbocycles. The van der Waals surface area contributed by atoms with Gasteiger partial charge in [0.25, 0.3) is 0 Å². The summed E-state index contributed by atoms with van der Waals surface area (Å²) in [5.74, 6) is 1.31. The summed E-state index contributed by atoms with van der Waals surface area (Å²) >= 11 is 0. The number of benzene rings is 3. The van der Waals surface area contributed by atoms with E-state index < -0.39 is 6.10 Å². The van der Waals surface area contributed by atoms with Crippen molar-refractivity contribution in [3.63, 3.8) is 0 Å². The van der Waals surface area contributed by atoms with E-state index in [1.165, 1.54) is 25.0 Å². The van der Waals surface area contributed by atoms with E-state index in [1.54, 1.807) is 16.8 Å². The van der Waals surface area contributed by atoms with Crippen LogP contribution in [0.2, 0.25) is 0 Å². The summed E-state index contributed by atoms with van der Waals surface area (Å²) in [4.78, 5) is 2.31. The Morgan fingerprint density at radius 2 is 1.75 bits per heavy atom. The fourth-order valence-electron chi connectivity index (χ4n) is 4.63. The van der Waals surface area contributed by atoms with Gasteiger partial charge < -0.3 is 9.84 Å². The molecule has 1 N–H and O–H groups in total. The quantitative estimate of drug-likeness (QED) is 0.290. The van der Waals surface area contributed by atoms with Crippen LogP contribution in [-0.2, 0) is 20.0 Å². The summed E-state index contributed by atoms with van der Waals surface area (Å²) in [5.41, 5.74) is 3.88. The number of aliphatic hydroxyl groups excluding tert-OH is 1. The second-order valence-corrected chi connectivity index (χ2v) is 9.66. The van der Waals surface area contributed by atoms with Gasteiger partial charge in [-0.2, -0.15) is 5.10 Å². The Bertz CT molecular complexity index is 1270. The number of hydrogen-bond acceptors (Lipinski definition) is 4. The number of aliphatic hydroxyl groups is 1. The van der Waals surface area contributed by atoms with Crippen molar-refractivity contribution in [3.05, 3.63) is 102 Å². The smallest absolute Gasteiger partial charge is 0.222 e. The van der Waals surface area contributed by atoms with Gasteiger partial charge in [-0.3, -0.25) is 4.90 Å². The van der Waals surface area contributed by atoms with Gasteiger partial charge in [0.1, 0.15) is 17.3 Å². The number of aromatic nitrogens is 2. The van der Waals surface area contributed by atoms with Gasteiger partial charge in [0, 0.05) is 38.3 Å². The van der Waals surface area contributed by atoms with Crippen LogP contribution in [0.5, 0.6) is 11.6 Å². The van der Waals surface area contributed by atoms with Gasteiger partial charge in [0.15, 0.2) is 0 Å². The van der Waals surface area contributed by atoms with Crippen LogP contribution in [-0.4, -0.2) is 39.0 Å². The average Bonchev–Trinajstić information content (AvgIpc) is 3.64. The lowest BCUT2D eigenvalue weighted by Crippen LogP contribution is -2.35. The summed E-state index contributed by atoms with van der Waals surface area (Å²) in [6.45, 7) is 2.04. The van der Waals surface area contributed by atoms with Gasteiger partial charge >= 0.3 is 0 Å². The summed E-state index contributed by atoms with van der Waals surface area (Å²) in [7, 11) is 1.85. The second-order valence-electron chi connectivity index (χ2n) is 9.66. The minimum absolute atomic E-state index is 0.348. The van der Waals surface area contributed by atoms with Gasteiger partial charge in [-0.15, -0.1) is 0 Å². The van der Waals surface area contributed by atoms with Crippen LogP contribution < -0.4 is 4.74 Å². The zero-order valence-electron chi connectivity index (χ0n) is 20.6. The van der Waals surface area contributed by atoms with Crippen molar-refractivity contribution in [3.8, 4) is 22.9 Å². The second kappa shape index (κ2) is 11.1. The van der Waals surface area contributed by atoms with E-state index in [9.17, 15) is 9.50 Å².